The van der Waals surface area contributed by atoms with Crippen LogP contribution in [0.3, 0.4) is 0 Å². The molecule has 0 saturated carbocycles. The van der Waals surface area contributed by atoms with Gasteiger partial charge in [-0.05, 0) is 36.2 Å². The number of nitrogen functional groups attached to an aromatic ring is 1. The van der Waals surface area contributed by atoms with E-state index in [1.807, 2.05) is 41.1 Å². The number of benzene rings is 1. The van der Waals surface area contributed by atoms with Gasteiger partial charge in [0, 0.05) is 18.4 Å². The Morgan fingerprint density at radius 2 is 1.88 bits per heavy atom. The highest BCUT2D eigenvalue weighted by molar-refractivity contribution is 5.91. The Morgan fingerprint density at radius 1 is 1.18 bits per heavy atom. The molecule has 0 radical (unpaired) electrons. The van der Waals surface area contributed by atoms with Crippen LogP contribution in [0.4, 0.5) is 5.69 Å². The van der Waals surface area contributed by atoms with Crippen LogP contribution < -0.4 is 11.5 Å². The fraction of sp³-hybridized carbons (Fsp3) is 0.154. The van der Waals surface area contributed by atoms with E-state index in [1.54, 1.807) is 6.07 Å². The smallest absolute Gasteiger partial charge is 0.265 e. The summed E-state index contributed by atoms with van der Waals surface area (Å²) in [5.41, 5.74) is 13.4. The fourth-order valence-electron chi connectivity index (χ4n) is 1.77. The average molecular weight is 229 g/mol. The molecule has 4 heteroatoms. The van der Waals surface area contributed by atoms with Gasteiger partial charge in [-0.3, -0.25) is 4.79 Å². The molecule has 0 spiro atoms. The molecule has 1 aromatic carbocycles. The van der Waals surface area contributed by atoms with Gasteiger partial charge in [0.05, 0.1) is 0 Å². The lowest BCUT2D eigenvalue weighted by atomic mass is 10.1. The van der Waals surface area contributed by atoms with Crippen LogP contribution in [0.15, 0.2) is 42.6 Å². The molecule has 2 aromatic rings. The maximum Gasteiger partial charge on any atom is 0.265 e. The molecular weight excluding hydrogens is 214 g/mol. The fourth-order valence-corrected chi connectivity index (χ4v) is 1.77. The molecule has 2 rings (SSSR count). The molecule has 4 N–H and O–H groups in total. The predicted molar refractivity (Wildman–Crippen MR) is 67.5 cm³/mol. The molecule has 1 heterocycles. The van der Waals surface area contributed by atoms with Crippen LogP contribution in [0.2, 0.25) is 0 Å². The third-order valence-electron chi connectivity index (χ3n) is 2.70. The van der Waals surface area contributed by atoms with Crippen molar-refractivity contribution in [1.29, 1.82) is 0 Å². The quantitative estimate of drug-likeness (QED) is 0.778. The number of rotatable bonds is 4. The lowest BCUT2D eigenvalue weighted by molar-refractivity contribution is 0.0991. The number of aryl methyl sites for hydroxylation is 2. The number of primary amides is 1. The molecule has 17 heavy (non-hydrogen) atoms. The Kier molecular flexibility index (Phi) is 3.14. The van der Waals surface area contributed by atoms with Gasteiger partial charge >= 0.3 is 0 Å². The number of hydrogen-bond donors (Lipinski definition) is 2. The van der Waals surface area contributed by atoms with E-state index in [0.717, 1.165) is 18.7 Å². The second-order valence-corrected chi connectivity index (χ2v) is 3.94. The van der Waals surface area contributed by atoms with Crippen LogP contribution >= 0.6 is 0 Å². The first-order valence-corrected chi connectivity index (χ1v) is 5.46. The minimum absolute atomic E-state index is 0.396. The number of nitrogens with zero attached hydrogens (tertiary/aromatic N) is 1. The van der Waals surface area contributed by atoms with E-state index in [9.17, 15) is 4.79 Å². The summed E-state index contributed by atoms with van der Waals surface area (Å²) in [5, 5.41) is 0. The minimum atomic E-state index is -0.396. The van der Waals surface area contributed by atoms with Crippen LogP contribution in [0.25, 0.3) is 0 Å². The molecule has 1 amide bonds. The van der Waals surface area contributed by atoms with Crippen molar-refractivity contribution < 1.29 is 4.79 Å². The molecule has 0 saturated heterocycles. The van der Waals surface area contributed by atoms with Crippen molar-refractivity contribution in [3.05, 3.63) is 53.9 Å². The predicted octanol–water partition coefficient (Wildman–Crippen LogP) is 1.41. The van der Waals surface area contributed by atoms with Gasteiger partial charge in [0.1, 0.15) is 5.69 Å². The summed E-state index contributed by atoms with van der Waals surface area (Å²) in [4.78, 5) is 11.1. The highest BCUT2D eigenvalue weighted by Gasteiger charge is 2.05. The van der Waals surface area contributed by atoms with Gasteiger partial charge in [-0.2, -0.15) is 0 Å². The van der Waals surface area contributed by atoms with Gasteiger partial charge in [0.15, 0.2) is 0 Å². The molecular formula is C13H15N3O. The van der Waals surface area contributed by atoms with Gasteiger partial charge in [0.25, 0.3) is 5.91 Å². The zero-order valence-electron chi connectivity index (χ0n) is 9.47. The molecule has 0 aliphatic carbocycles. The Morgan fingerprint density at radius 3 is 2.53 bits per heavy atom. The standard InChI is InChI=1S/C13H15N3O/c14-11-5-3-10(4-6-11)7-9-16-8-1-2-12(16)13(15)17/h1-6,8H,7,9,14H2,(H2,15,17). The van der Waals surface area contributed by atoms with Crippen LogP contribution in [-0.4, -0.2) is 10.5 Å². The number of hydrogen-bond acceptors (Lipinski definition) is 2. The van der Waals surface area contributed by atoms with Crippen LogP contribution in [0, 0.1) is 0 Å². The summed E-state index contributed by atoms with van der Waals surface area (Å²) < 4.78 is 1.86. The van der Waals surface area contributed by atoms with Crippen molar-refractivity contribution in [2.45, 2.75) is 13.0 Å². The van der Waals surface area contributed by atoms with Gasteiger partial charge < -0.3 is 16.0 Å². The number of anilines is 1. The lowest BCUT2D eigenvalue weighted by Gasteiger charge is -2.07. The van der Waals surface area contributed by atoms with E-state index in [-0.39, 0.29) is 0 Å². The van der Waals surface area contributed by atoms with Crippen LogP contribution in [-0.2, 0) is 13.0 Å². The highest BCUT2D eigenvalue weighted by Crippen LogP contribution is 2.08. The molecule has 0 fully saturated rings. The molecule has 1 aromatic heterocycles. The summed E-state index contributed by atoms with van der Waals surface area (Å²) in [6, 6.07) is 11.3. The number of carbonyl (C=O) groups is 1. The zero-order chi connectivity index (χ0) is 12.3. The lowest BCUT2D eigenvalue weighted by Crippen LogP contribution is -2.17. The van der Waals surface area contributed by atoms with Gasteiger partial charge in [-0.25, -0.2) is 0 Å². The number of aromatic nitrogens is 1. The number of nitrogens with two attached hydrogens (primary N) is 2. The van der Waals surface area contributed by atoms with Crippen LogP contribution in [0.1, 0.15) is 16.1 Å². The van der Waals surface area contributed by atoms with Crippen molar-refractivity contribution in [2.24, 2.45) is 5.73 Å². The molecule has 0 unspecified atom stereocenters. The zero-order valence-corrected chi connectivity index (χ0v) is 9.47. The Labute approximate surface area is 99.8 Å². The third-order valence-corrected chi connectivity index (χ3v) is 2.70. The van der Waals surface area contributed by atoms with Crippen LogP contribution in [0.5, 0.6) is 0 Å². The minimum Gasteiger partial charge on any atom is -0.399 e. The van der Waals surface area contributed by atoms with E-state index in [1.165, 1.54) is 5.56 Å². The van der Waals surface area contributed by atoms with Crippen molar-refractivity contribution in [3.63, 3.8) is 0 Å². The number of carbonyl (C=O) groups excluding carboxylic acids is 1. The van der Waals surface area contributed by atoms with Crippen molar-refractivity contribution in [3.8, 4) is 0 Å². The summed E-state index contributed by atoms with van der Waals surface area (Å²) in [5.74, 6) is -0.396. The molecule has 0 bridgehead atoms. The summed E-state index contributed by atoms with van der Waals surface area (Å²) in [6.07, 6.45) is 2.70. The molecule has 4 nitrogen and oxygen atoms in total. The van der Waals surface area contributed by atoms with E-state index >= 15 is 0 Å². The SMILES string of the molecule is NC(=O)c1cccn1CCc1ccc(N)cc1. The van der Waals surface area contributed by atoms with Crippen molar-refractivity contribution in [2.75, 3.05) is 5.73 Å². The second-order valence-electron chi connectivity index (χ2n) is 3.94. The Hall–Kier alpha value is -2.23. The molecule has 88 valence electrons. The highest BCUT2D eigenvalue weighted by atomic mass is 16.1. The van der Waals surface area contributed by atoms with E-state index in [4.69, 9.17) is 11.5 Å². The van der Waals surface area contributed by atoms with Gasteiger partial charge in [0.2, 0.25) is 0 Å². The maximum absolute atomic E-state index is 11.1. The largest absolute Gasteiger partial charge is 0.399 e. The monoisotopic (exact) mass is 229 g/mol. The summed E-state index contributed by atoms with van der Waals surface area (Å²) in [7, 11) is 0. The number of amides is 1. The summed E-state index contributed by atoms with van der Waals surface area (Å²) >= 11 is 0. The van der Waals surface area contributed by atoms with E-state index in [2.05, 4.69) is 0 Å². The normalized spacial score (nSPS) is 10.4. The molecule has 0 atom stereocenters. The van der Waals surface area contributed by atoms with Crippen molar-refractivity contribution >= 4 is 11.6 Å². The second kappa shape index (κ2) is 4.74. The van der Waals surface area contributed by atoms with E-state index < -0.39 is 5.91 Å². The van der Waals surface area contributed by atoms with E-state index in [0.29, 0.717) is 5.69 Å². The molecule has 0 aliphatic rings. The first-order valence-electron chi connectivity index (χ1n) is 5.46. The molecule has 0 aliphatic heterocycles. The topological polar surface area (TPSA) is 74.0 Å². The van der Waals surface area contributed by atoms with Gasteiger partial charge in [-0.15, -0.1) is 0 Å². The maximum atomic E-state index is 11.1. The summed E-state index contributed by atoms with van der Waals surface area (Å²) in [6.45, 7) is 0.731. The third kappa shape index (κ3) is 2.66. The Bertz CT molecular complexity index is 514. The van der Waals surface area contributed by atoms with Gasteiger partial charge in [-0.1, -0.05) is 12.1 Å². The first-order chi connectivity index (χ1) is 8.16. The first kappa shape index (κ1) is 11.3. The average Bonchev–Trinajstić information content (AvgIpc) is 2.76. The van der Waals surface area contributed by atoms with Crippen molar-refractivity contribution in [1.82, 2.24) is 4.57 Å². The Balaban J connectivity index is 2.05.